The molecular weight excluding hydrogens is 542 g/mol. The van der Waals surface area contributed by atoms with Gasteiger partial charge in [0.05, 0.1) is 52.0 Å². The molecule has 2 aromatic carbocycles. The molecule has 1 fully saturated rings. The highest BCUT2D eigenvalue weighted by Crippen LogP contribution is 2.39. The number of thiophene rings is 1. The molecule has 1 aromatic heterocycles. The highest BCUT2D eigenvalue weighted by Gasteiger charge is 2.31. The molecule has 6 nitrogen and oxygen atoms in total. The van der Waals surface area contributed by atoms with Gasteiger partial charge in [-0.2, -0.15) is 13.2 Å². The molecule has 1 aliphatic rings. The zero-order valence-corrected chi connectivity index (χ0v) is 22.3. The van der Waals surface area contributed by atoms with E-state index >= 15 is 0 Å². The molecule has 1 saturated heterocycles. The molecule has 0 amide bonds. The fourth-order valence-electron chi connectivity index (χ4n) is 4.26. The second kappa shape index (κ2) is 11.4. The number of hydrogen-bond donors (Lipinski definition) is 3. The highest BCUT2D eigenvalue weighted by atomic mass is 32.2. The van der Waals surface area contributed by atoms with Crippen molar-refractivity contribution < 1.29 is 30.7 Å². The number of anilines is 2. The summed E-state index contributed by atoms with van der Waals surface area (Å²) in [7, 11) is -2.02. The molecule has 2 heterocycles. The minimum absolute atomic E-state index is 0.0813. The summed E-state index contributed by atoms with van der Waals surface area (Å²) in [4.78, 5) is 0.385. The summed E-state index contributed by atoms with van der Waals surface area (Å²) in [5.74, 6) is 6.03. The maximum Gasteiger partial charge on any atom is 0.393 e. The molecule has 0 saturated carbocycles. The van der Waals surface area contributed by atoms with E-state index in [4.69, 9.17) is 4.74 Å². The van der Waals surface area contributed by atoms with E-state index in [1.165, 1.54) is 19.2 Å². The van der Waals surface area contributed by atoms with Gasteiger partial charge in [-0.25, -0.2) is 12.8 Å². The lowest BCUT2D eigenvalue weighted by Gasteiger charge is -2.28. The molecule has 0 spiro atoms. The third kappa shape index (κ3) is 6.70. The van der Waals surface area contributed by atoms with Gasteiger partial charge in [0.1, 0.15) is 11.9 Å². The van der Waals surface area contributed by atoms with Crippen LogP contribution in [-0.4, -0.2) is 59.8 Å². The van der Waals surface area contributed by atoms with Gasteiger partial charge in [0.2, 0.25) is 0 Å². The van der Waals surface area contributed by atoms with Crippen molar-refractivity contribution in [1.29, 1.82) is 0 Å². The lowest BCUT2D eigenvalue weighted by Crippen LogP contribution is -2.45. The van der Waals surface area contributed by atoms with Crippen LogP contribution in [-0.2, 0) is 16.3 Å². The van der Waals surface area contributed by atoms with Crippen molar-refractivity contribution in [3.63, 3.8) is 0 Å². The van der Waals surface area contributed by atoms with Crippen LogP contribution < -0.4 is 20.7 Å². The Bertz CT molecular complexity index is 1480. The Kier molecular flexibility index (Phi) is 8.40. The Hall–Kier alpha value is -3.01. The molecule has 2 unspecified atom stereocenters. The third-order valence-corrected chi connectivity index (χ3v) is 8.42. The highest BCUT2D eigenvalue weighted by molar-refractivity contribution is 7.90. The number of ether oxygens (including phenoxy) is 1. The van der Waals surface area contributed by atoms with Crippen LogP contribution in [0.4, 0.5) is 28.9 Å². The molecule has 2 atom stereocenters. The Balaban J connectivity index is 1.61. The van der Waals surface area contributed by atoms with Crippen LogP contribution in [0.2, 0.25) is 0 Å². The first-order chi connectivity index (χ1) is 18.0. The van der Waals surface area contributed by atoms with Gasteiger partial charge in [0.25, 0.3) is 0 Å². The van der Waals surface area contributed by atoms with Gasteiger partial charge in [-0.15, -0.1) is 11.3 Å². The maximum absolute atomic E-state index is 14.4. The molecule has 4 rings (SSSR count). The van der Waals surface area contributed by atoms with Crippen molar-refractivity contribution in [3.8, 4) is 17.6 Å². The Morgan fingerprint density at radius 2 is 2.00 bits per heavy atom. The van der Waals surface area contributed by atoms with E-state index in [-0.39, 0.29) is 28.4 Å². The number of hydrogen-bond acceptors (Lipinski definition) is 7. The number of benzene rings is 2. The van der Waals surface area contributed by atoms with Crippen LogP contribution in [0.5, 0.6) is 5.75 Å². The monoisotopic (exact) mass is 569 g/mol. The maximum atomic E-state index is 14.4. The van der Waals surface area contributed by atoms with Crippen LogP contribution in [0.1, 0.15) is 16.9 Å². The van der Waals surface area contributed by atoms with E-state index in [9.17, 15) is 26.0 Å². The van der Waals surface area contributed by atoms with Crippen LogP contribution in [0.15, 0.2) is 41.3 Å². The molecule has 0 radical (unpaired) electrons. The normalized spacial score (nSPS) is 18.1. The lowest BCUT2D eigenvalue weighted by molar-refractivity contribution is -0.126. The van der Waals surface area contributed by atoms with E-state index < -0.39 is 34.6 Å². The van der Waals surface area contributed by atoms with E-state index in [0.717, 1.165) is 17.6 Å². The molecule has 0 bridgehead atoms. The van der Waals surface area contributed by atoms with Gasteiger partial charge in [-0.05, 0) is 42.1 Å². The predicted octanol–water partition coefficient (Wildman–Crippen LogP) is 4.99. The fourth-order valence-corrected chi connectivity index (χ4v) is 6.06. The van der Waals surface area contributed by atoms with Crippen LogP contribution in [0, 0.1) is 11.8 Å². The summed E-state index contributed by atoms with van der Waals surface area (Å²) in [5.41, 5.74) is 1.17. The number of piperidine rings is 1. The summed E-state index contributed by atoms with van der Waals surface area (Å²) in [6.07, 6.45) is -5.02. The predicted molar refractivity (Wildman–Crippen MR) is 143 cm³/mol. The molecule has 12 heteroatoms. The average Bonchev–Trinajstić information content (AvgIpc) is 3.19. The van der Waals surface area contributed by atoms with Crippen molar-refractivity contribution in [2.75, 3.05) is 43.6 Å². The van der Waals surface area contributed by atoms with Crippen LogP contribution >= 0.6 is 11.3 Å². The van der Waals surface area contributed by atoms with Gasteiger partial charge >= 0.3 is 6.18 Å². The van der Waals surface area contributed by atoms with E-state index in [1.807, 2.05) is 0 Å². The SMILES string of the molecule is COc1cc(S(C)(=O)=O)ccc1NCC#Cc1sc2c(NC3CCNCC3F)cccc2c1CC(F)(F)F. The summed E-state index contributed by atoms with van der Waals surface area (Å²) >= 11 is 1.15. The van der Waals surface area contributed by atoms with Crippen molar-refractivity contribution in [2.45, 2.75) is 36.1 Å². The number of sulfone groups is 1. The number of halogens is 4. The largest absolute Gasteiger partial charge is 0.495 e. The summed E-state index contributed by atoms with van der Waals surface area (Å²) in [6.45, 7) is 0.963. The fraction of sp³-hybridized carbons (Fsp3) is 0.385. The number of alkyl halides is 4. The van der Waals surface area contributed by atoms with Crippen molar-refractivity contribution in [3.05, 3.63) is 46.8 Å². The van der Waals surface area contributed by atoms with E-state index in [2.05, 4.69) is 27.8 Å². The summed E-state index contributed by atoms with van der Waals surface area (Å²) in [5, 5.41) is 9.63. The smallest absolute Gasteiger partial charge is 0.393 e. The van der Waals surface area contributed by atoms with Gasteiger partial charge in [-0.1, -0.05) is 24.0 Å². The Labute approximate surface area is 222 Å². The molecule has 1 aliphatic heterocycles. The van der Waals surface area contributed by atoms with Gasteiger partial charge < -0.3 is 20.7 Å². The molecule has 38 heavy (non-hydrogen) atoms. The van der Waals surface area contributed by atoms with Gasteiger partial charge in [-0.3, -0.25) is 0 Å². The second-order valence-electron chi connectivity index (χ2n) is 8.93. The first kappa shape index (κ1) is 28.0. The summed E-state index contributed by atoms with van der Waals surface area (Å²) < 4.78 is 84.2. The van der Waals surface area contributed by atoms with Gasteiger partial charge in [0.15, 0.2) is 9.84 Å². The number of methoxy groups -OCH3 is 1. The Morgan fingerprint density at radius 1 is 1.21 bits per heavy atom. The molecular formula is C26H27F4N3O3S2. The minimum Gasteiger partial charge on any atom is -0.495 e. The minimum atomic E-state index is -4.43. The molecule has 0 aliphatic carbocycles. The third-order valence-electron chi connectivity index (χ3n) is 6.11. The second-order valence-corrected chi connectivity index (χ2v) is 12.0. The Morgan fingerprint density at radius 3 is 2.68 bits per heavy atom. The van der Waals surface area contributed by atoms with Crippen LogP contribution in [0.3, 0.4) is 0 Å². The van der Waals surface area contributed by atoms with Crippen molar-refractivity contribution in [2.24, 2.45) is 0 Å². The van der Waals surface area contributed by atoms with E-state index in [1.54, 1.807) is 24.3 Å². The van der Waals surface area contributed by atoms with Gasteiger partial charge in [0, 0.05) is 18.9 Å². The number of nitrogens with one attached hydrogen (secondary N) is 3. The van der Waals surface area contributed by atoms with Crippen molar-refractivity contribution >= 4 is 42.6 Å². The standard InChI is InChI=1S/C26H27F4N3O3S2/c1-36-23-13-16(38(2,34)35)8-9-21(23)32-11-4-7-24-18(14-26(28,29)30)17-5-3-6-22(25(17)37-24)33-20-10-12-31-15-19(20)27/h3,5-6,8-9,13,19-20,31-33H,10-12,14-15H2,1-2H3. The first-order valence-corrected chi connectivity index (χ1v) is 14.5. The topological polar surface area (TPSA) is 79.5 Å². The zero-order chi connectivity index (χ0) is 27.5. The zero-order valence-electron chi connectivity index (χ0n) is 20.7. The van der Waals surface area contributed by atoms with Crippen molar-refractivity contribution in [1.82, 2.24) is 5.32 Å². The lowest BCUT2D eigenvalue weighted by atomic mass is 10.0. The molecule has 3 aromatic rings. The average molecular weight is 570 g/mol. The quantitative estimate of drug-likeness (QED) is 0.275. The van der Waals surface area contributed by atoms with Crippen LogP contribution in [0.25, 0.3) is 10.1 Å². The molecule has 3 N–H and O–H groups in total. The van der Waals surface area contributed by atoms with E-state index in [0.29, 0.717) is 40.2 Å². The first-order valence-electron chi connectivity index (χ1n) is 11.8. The number of fused-ring (bicyclic) bond motifs is 1. The number of rotatable bonds is 7. The summed E-state index contributed by atoms with van der Waals surface area (Å²) in [6, 6.07) is 8.97. The molecule has 204 valence electrons.